The fraction of sp³-hybridized carbons (Fsp3) is 0.118. The van der Waals surface area contributed by atoms with Gasteiger partial charge in [0.1, 0.15) is 0 Å². The van der Waals surface area contributed by atoms with Gasteiger partial charge >= 0.3 is 0 Å². The first-order valence-electron chi connectivity index (χ1n) is 6.61. The Bertz CT molecular complexity index is 802. The van der Waals surface area contributed by atoms with E-state index < -0.39 is 5.82 Å². The minimum absolute atomic E-state index is 0.104. The molecule has 0 saturated heterocycles. The third-order valence-corrected chi connectivity index (χ3v) is 3.30. The summed E-state index contributed by atoms with van der Waals surface area (Å²) in [7, 11) is 0. The summed E-state index contributed by atoms with van der Waals surface area (Å²) in [6.07, 6.45) is 0. The Balaban J connectivity index is 2.09. The number of rotatable bonds is 3. The van der Waals surface area contributed by atoms with E-state index in [9.17, 15) is 9.50 Å². The Morgan fingerprint density at radius 1 is 1.14 bits per heavy atom. The molecule has 0 saturated carbocycles. The highest BCUT2D eigenvalue weighted by atomic mass is 19.1. The minimum atomic E-state index is -0.420. The van der Waals surface area contributed by atoms with Crippen molar-refractivity contribution in [2.45, 2.75) is 13.5 Å². The smallest absolute Gasteiger partial charge is 0.225 e. The quantitative estimate of drug-likeness (QED) is 0.791. The summed E-state index contributed by atoms with van der Waals surface area (Å²) in [4.78, 5) is 4.36. The van der Waals surface area contributed by atoms with Crippen molar-refractivity contribution in [2.75, 3.05) is 0 Å². The average Bonchev–Trinajstić information content (AvgIpc) is 2.51. The average molecular weight is 283 g/mol. The van der Waals surface area contributed by atoms with Crippen molar-refractivity contribution in [3.05, 3.63) is 65.5 Å². The zero-order chi connectivity index (χ0) is 14.8. The summed E-state index contributed by atoms with van der Waals surface area (Å²) in [5.74, 6) is -0.0930. The fourth-order valence-electron chi connectivity index (χ4n) is 2.15. The molecule has 1 N–H and O–H groups in total. The van der Waals surface area contributed by atoms with Gasteiger partial charge in [0.25, 0.3) is 0 Å². The number of aliphatic hydroxyl groups excluding tert-OH is 1. The van der Waals surface area contributed by atoms with E-state index in [-0.39, 0.29) is 18.2 Å². The molecular formula is C17H14FNO2. The molecular weight excluding hydrogens is 269 g/mol. The van der Waals surface area contributed by atoms with Crippen molar-refractivity contribution in [3.8, 4) is 11.6 Å². The van der Waals surface area contributed by atoms with Gasteiger partial charge in [0.05, 0.1) is 12.1 Å². The largest absolute Gasteiger partial charge is 0.436 e. The van der Waals surface area contributed by atoms with Crippen LogP contribution in [-0.4, -0.2) is 10.1 Å². The summed E-state index contributed by atoms with van der Waals surface area (Å²) in [6.45, 7) is 1.45. The molecule has 21 heavy (non-hydrogen) atoms. The number of nitrogens with zero attached hydrogens (tertiary/aromatic N) is 1. The predicted octanol–water partition coefficient (Wildman–Crippen LogP) is 3.97. The number of ether oxygens (including phenoxy) is 1. The van der Waals surface area contributed by atoms with Gasteiger partial charge in [-0.3, -0.25) is 0 Å². The van der Waals surface area contributed by atoms with Crippen molar-refractivity contribution in [2.24, 2.45) is 0 Å². The number of benzene rings is 2. The van der Waals surface area contributed by atoms with Crippen LogP contribution in [0.15, 0.2) is 48.5 Å². The summed E-state index contributed by atoms with van der Waals surface area (Å²) >= 11 is 0. The number of hydrogen-bond acceptors (Lipinski definition) is 3. The van der Waals surface area contributed by atoms with Gasteiger partial charge in [-0.05, 0) is 30.7 Å². The van der Waals surface area contributed by atoms with Crippen LogP contribution in [0.25, 0.3) is 10.9 Å². The van der Waals surface area contributed by atoms with Crippen LogP contribution < -0.4 is 4.74 Å². The third kappa shape index (κ3) is 2.58. The maximum atomic E-state index is 14.0. The van der Waals surface area contributed by atoms with Crippen LogP contribution >= 0.6 is 0 Å². The van der Waals surface area contributed by atoms with Crippen LogP contribution in [0.5, 0.6) is 11.6 Å². The molecule has 0 aliphatic carbocycles. The molecule has 4 heteroatoms. The Morgan fingerprint density at radius 3 is 2.76 bits per heavy atom. The second-order valence-corrected chi connectivity index (χ2v) is 4.79. The molecule has 3 nitrogen and oxygen atoms in total. The van der Waals surface area contributed by atoms with Gasteiger partial charge in [-0.2, -0.15) is 0 Å². The first-order valence-corrected chi connectivity index (χ1v) is 6.61. The van der Waals surface area contributed by atoms with Gasteiger partial charge in [0.2, 0.25) is 5.88 Å². The Hall–Kier alpha value is -2.46. The van der Waals surface area contributed by atoms with E-state index in [0.29, 0.717) is 11.1 Å². The Labute approximate surface area is 121 Å². The first-order chi connectivity index (χ1) is 10.2. The summed E-state index contributed by atoms with van der Waals surface area (Å²) < 4.78 is 19.6. The lowest BCUT2D eigenvalue weighted by molar-refractivity contribution is 0.274. The highest BCUT2D eigenvalue weighted by molar-refractivity contribution is 5.80. The van der Waals surface area contributed by atoms with Gasteiger partial charge in [0, 0.05) is 10.9 Å². The fourth-order valence-corrected chi connectivity index (χ4v) is 2.15. The van der Waals surface area contributed by atoms with Crippen molar-refractivity contribution >= 4 is 10.9 Å². The van der Waals surface area contributed by atoms with Crippen LogP contribution in [0, 0.1) is 12.7 Å². The van der Waals surface area contributed by atoms with Crippen LogP contribution in [-0.2, 0) is 6.61 Å². The summed E-state index contributed by atoms with van der Waals surface area (Å²) in [5.41, 5.74) is 1.76. The van der Waals surface area contributed by atoms with Gasteiger partial charge in [-0.1, -0.05) is 30.3 Å². The predicted molar refractivity (Wildman–Crippen MR) is 78.9 cm³/mol. The number of pyridine rings is 1. The maximum Gasteiger partial charge on any atom is 0.225 e. The topological polar surface area (TPSA) is 42.4 Å². The molecule has 3 aromatic rings. The van der Waals surface area contributed by atoms with Crippen LogP contribution in [0.2, 0.25) is 0 Å². The second-order valence-electron chi connectivity index (χ2n) is 4.79. The number of aromatic nitrogens is 1. The lowest BCUT2D eigenvalue weighted by atomic mass is 10.1. The molecule has 0 spiro atoms. The summed E-state index contributed by atoms with van der Waals surface area (Å²) in [6, 6.07) is 14.2. The van der Waals surface area contributed by atoms with Gasteiger partial charge < -0.3 is 9.84 Å². The molecule has 0 radical (unpaired) electrons. The van der Waals surface area contributed by atoms with E-state index in [1.165, 1.54) is 0 Å². The second kappa shape index (κ2) is 5.50. The minimum Gasteiger partial charge on any atom is -0.436 e. The van der Waals surface area contributed by atoms with E-state index in [1.54, 1.807) is 31.2 Å². The van der Waals surface area contributed by atoms with Gasteiger partial charge in [-0.25, -0.2) is 9.37 Å². The maximum absolute atomic E-state index is 14.0. The Kier molecular flexibility index (Phi) is 3.54. The molecule has 1 aromatic heterocycles. The molecule has 0 atom stereocenters. The van der Waals surface area contributed by atoms with E-state index >= 15 is 0 Å². The van der Waals surface area contributed by atoms with E-state index in [4.69, 9.17) is 4.74 Å². The first kappa shape index (κ1) is 13.5. The van der Waals surface area contributed by atoms with Gasteiger partial charge in [0.15, 0.2) is 11.6 Å². The van der Waals surface area contributed by atoms with Crippen molar-refractivity contribution in [1.82, 2.24) is 4.98 Å². The SMILES string of the molecule is Cc1cccc(Oc2nc3ccccc3cc2CO)c1F. The zero-order valence-electron chi connectivity index (χ0n) is 11.5. The van der Waals surface area contributed by atoms with E-state index in [1.807, 2.05) is 24.3 Å². The normalized spacial score (nSPS) is 10.8. The molecule has 0 amide bonds. The number of hydrogen-bond donors (Lipinski definition) is 1. The molecule has 3 rings (SSSR count). The zero-order valence-corrected chi connectivity index (χ0v) is 11.5. The highest BCUT2D eigenvalue weighted by Gasteiger charge is 2.12. The Morgan fingerprint density at radius 2 is 1.95 bits per heavy atom. The highest BCUT2D eigenvalue weighted by Crippen LogP contribution is 2.29. The van der Waals surface area contributed by atoms with Crippen LogP contribution in [0.1, 0.15) is 11.1 Å². The lowest BCUT2D eigenvalue weighted by Gasteiger charge is -2.11. The third-order valence-electron chi connectivity index (χ3n) is 3.30. The molecule has 0 aliphatic heterocycles. The number of fused-ring (bicyclic) bond motifs is 1. The van der Waals surface area contributed by atoms with E-state index in [0.717, 1.165) is 10.9 Å². The van der Waals surface area contributed by atoms with Crippen molar-refractivity contribution < 1.29 is 14.2 Å². The van der Waals surface area contributed by atoms with Gasteiger partial charge in [-0.15, -0.1) is 0 Å². The van der Waals surface area contributed by atoms with Crippen molar-refractivity contribution in [1.29, 1.82) is 0 Å². The number of para-hydroxylation sites is 1. The molecule has 106 valence electrons. The molecule has 0 fully saturated rings. The molecule has 2 aromatic carbocycles. The van der Waals surface area contributed by atoms with Crippen molar-refractivity contribution in [3.63, 3.8) is 0 Å². The number of aliphatic hydroxyl groups is 1. The number of aryl methyl sites for hydroxylation is 1. The molecule has 0 unspecified atom stereocenters. The molecule has 1 heterocycles. The summed E-state index contributed by atoms with van der Waals surface area (Å²) in [5, 5.41) is 10.4. The van der Waals surface area contributed by atoms with Crippen LogP contribution in [0.4, 0.5) is 4.39 Å². The lowest BCUT2D eigenvalue weighted by Crippen LogP contribution is -1.98. The standard InChI is InChI=1S/C17H14FNO2/c1-11-5-4-8-15(16(11)18)21-17-13(10-20)9-12-6-2-3-7-14(12)19-17/h2-9,20H,10H2,1H3. The monoisotopic (exact) mass is 283 g/mol. The van der Waals surface area contributed by atoms with E-state index in [2.05, 4.69) is 4.98 Å². The number of halogens is 1. The molecule has 0 aliphatic rings. The van der Waals surface area contributed by atoms with Crippen LogP contribution in [0.3, 0.4) is 0 Å². The molecule has 0 bridgehead atoms.